The van der Waals surface area contributed by atoms with Crippen molar-refractivity contribution >= 4 is 16.9 Å². The molecule has 20 heavy (non-hydrogen) atoms. The maximum atomic E-state index is 11.0. The van der Waals surface area contributed by atoms with E-state index < -0.39 is 5.97 Å². The van der Waals surface area contributed by atoms with E-state index in [0.717, 1.165) is 16.5 Å². The van der Waals surface area contributed by atoms with Crippen LogP contribution in [-0.2, 0) is 0 Å². The fourth-order valence-electron chi connectivity index (χ4n) is 2.03. The number of rotatable bonds is 2. The van der Waals surface area contributed by atoms with Gasteiger partial charge in [-0.15, -0.1) is 0 Å². The number of aryl methyl sites for hydroxylation is 1. The van der Waals surface area contributed by atoms with Crippen LogP contribution < -0.4 is 0 Å². The van der Waals surface area contributed by atoms with E-state index in [9.17, 15) is 4.79 Å². The molecular formula is C15H11N3O2. The Bertz CT molecular complexity index is 815. The summed E-state index contributed by atoms with van der Waals surface area (Å²) < 4.78 is 0. The number of benzene rings is 1. The number of carboxylic acids is 1. The molecule has 98 valence electrons. The highest BCUT2D eigenvalue weighted by molar-refractivity contribution is 5.89. The van der Waals surface area contributed by atoms with E-state index in [2.05, 4.69) is 15.0 Å². The number of carboxylic acid groups (broad SMARTS) is 1. The number of aromatic carboxylic acids is 1. The van der Waals surface area contributed by atoms with Crippen LogP contribution in [0.5, 0.6) is 0 Å². The highest BCUT2D eigenvalue weighted by Gasteiger charge is 2.11. The molecular weight excluding hydrogens is 254 g/mol. The number of pyridine rings is 1. The molecule has 0 saturated heterocycles. The van der Waals surface area contributed by atoms with Gasteiger partial charge in [0.2, 0.25) is 0 Å². The first-order valence-corrected chi connectivity index (χ1v) is 6.07. The molecule has 2 aromatic heterocycles. The van der Waals surface area contributed by atoms with Gasteiger partial charge in [-0.3, -0.25) is 4.98 Å². The third-order valence-electron chi connectivity index (χ3n) is 3.07. The van der Waals surface area contributed by atoms with E-state index in [-0.39, 0.29) is 5.56 Å². The highest BCUT2D eigenvalue weighted by atomic mass is 16.4. The Labute approximate surface area is 115 Å². The van der Waals surface area contributed by atoms with Crippen molar-refractivity contribution in [1.82, 2.24) is 15.0 Å². The van der Waals surface area contributed by atoms with Crippen LogP contribution in [0.4, 0.5) is 0 Å². The van der Waals surface area contributed by atoms with Gasteiger partial charge in [0, 0.05) is 23.3 Å². The van der Waals surface area contributed by atoms with Crippen LogP contribution in [0.15, 0.2) is 42.7 Å². The van der Waals surface area contributed by atoms with Gasteiger partial charge >= 0.3 is 5.97 Å². The summed E-state index contributed by atoms with van der Waals surface area (Å²) in [5, 5.41) is 9.97. The molecule has 0 atom stereocenters. The summed E-state index contributed by atoms with van der Waals surface area (Å²) in [5.41, 5.74) is 2.31. The lowest BCUT2D eigenvalue weighted by Gasteiger charge is -2.05. The van der Waals surface area contributed by atoms with Crippen LogP contribution in [0, 0.1) is 6.92 Å². The first-order chi connectivity index (χ1) is 9.65. The largest absolute Gasteiger partial charge is 0.478 e. The quantitative estimate of drug-likeness (QED) is 0.771. The highest BCUT2D eigenvalue weighted by Crippen LogP contribution is 2.21. The molecule has 5 heteroatoms. The average Bonchev–Trinajstić information content (AvgIpc) is 2.46. The molecule has 0 aliphatic carbocycles. The number of aromatic nitrogens is 3. The molecule has 5 nitrogen and oxygen atoms in total. The molecule has 2 heterocycles. The van der Waals surface area contributed by atoms with E-state index in [1.807, 2.05) is 30.3 Å². The number of fused-ring (bicyclic) bond motifs is 1. The topological polar surface area (TPSA) is 76.0 Å². The third kappa shape index (κ3) is 2.09. The smallest absolute Gasteiger partial charge is 0.339 e. The summed E-state index contributed by atoms with van der Waals surface area (Å²) in [4.78, 5) is 23.6. The van der Waals surface area contributed by atoms with Gasteiger partial charge in [-0.2, -0.15) is 0 Å². The Morgan fingerprint density at radius 1 is 1.20 bits per heavy atom. The Morgan fingerprint density at radius 3 is 2.80 bits per heavy atom. The van der Waals surface area contributed by atoms with Crippen molar-refractivity contribution in [3.8, 4) is 11.4 Å². The molecule has 0 radical (unpaired) electrons. The molecule has 0 unspecified atom stereocenters. The number of hydrogen-bond donors (Lipinski definition) is 1. The van der Waals surface area contributed by atoms with E-state index in [0.29, 0.717) is 11.5 Å². The SMILES string of the molecule is Cc1nc(-c2ccc3ncccc3c2)ncc1C(=O)O. The molecule has 0 spiro atoms. The molecule has 0 saturated carbocycles. The number of carbonyl (C=O) groups is 1. The fraction of sp³-hybridized carbons (Fsp3) is 0.0667. The van der Waals surface area contributed by atoms with Crippen LogP contribution in [0.1, 0.15) is 16.1 Å². The van der Waals surface area contributed by atoms with Crippen molar-refractivity contribution < 1.29 is 9.90 Å². The zero-order chi connectivity index (χ0) is 14.1. The van der Waals surface area contributed by atoms with Crippen LogP contribution in [0.25, 0.3) is 22.3 Å². The Morgan fingerprint density at radius 2 is 2.05 bits per heavy atom. The Balaban J connectivity index is 2.11. The van der Waals surface area contributed by atoms with Crippen LogP contribution in [0.3, 0.4) is 0 Å². The van der Waals surface area contributed by atoms with Gasteiger partial charge in [-0.25, -0.2) is 14.8 Å². The summed E-state index contributed by atoms with van der Waals surface area (Å²) in [7, 11) is 0. The second-order valence-corrected chi connectivity index (χ2v) is 4.41. The van der Waals surface area contributed by atoms with Crippen LogP contribution in [0.2, 0.25) is 0 Å². The van der Waals surface area contributed by atoms with Gasteiger partial charge in [-0.05, 0) is 31.2 Å². The molecule has 0 bridgehead atoms. The summed E-state index contributed by atoms with van der Waals surface area (Å²) in [6, 6.07) is 9.55. The maximum Gasteiger partial charge on any atom is 0.339 e. The lowest BCUT2D eigenvalue weighted by molar-refractivity contribution is 0.0695. The van der Waals surface area contributed by atoms with Crippen molar-refractivity contribution in [2.75, 3.05) is 0 Å². The Kier molecular flexibility index (Phi) is 2.87. The van der Waals surface area contributed by atoms with Crippen molar-refractivity contribution in [2.45, 2.75) is 6.92 Å². The van der Waals surface area contributed by atoms with Crippen LogP contribution in [-0.4, -0.2) is 26.0 Å². The number of nitrogens with zero attached hydrogens (tertiary/aromatic N) is 3. The fourth-order valence-corrected chi connectivity index (χ4v) is 2.03. The second kappa shape index (κ2) is 4.70. The van der Waals surface area contributed by atoms with Gasteiger partial charge < -0.3 is 5.11 Å². The van der Waals surface area contributed by atoms with Crippen molar-refractivity contribution in [3.63, 3.8) is 0 Å². The minimum absolute atomic E-state index is 0.121. The predicted octanol–water partition coefficient (Wildman–Crippen LogP) is 2.70. The zero-order valence-electron chi connectivity index (χ0n) is 10.7. The molecule has 0 aliphatic heterocycles. The van der Waals surface area contributed by atoms with Gasteiger partial charge in [0.1, 0.15) is 0 Å². The van der Waals surface area contributed by atoms with Gasteiger partial charge in [-0.1, -0.05) is 6.07 Å². The minimum Gasteiger partial charge on any atom is -0.478 e. The molecule has 1 aromatic carbocycles. The van der Waals surface area contributed by atoms with Crippen molar-refractivity contribution in [3.05, 3.63) is 54.0 Å². The first kappa shape index (κ1) is 12.2. The maximum absolute atomic E-state index is 11.0. The zero-order valence-corrected chi connectivity index (χ0v) is 10.7. The van der Waals surface area contributed by atoms with E-state index in [4.69, 9.17) is 5.11 Å². The molecule has 3 aromatic rings. The molecule has 0 amide bonds. The summed E-state index contributed by atoms with van der Waals surface area (Å²) in [6.07, 6.45) is 3.08. The summed E-state index contributed by atoms with van der Waals surface area (Å²) in [5.74, 6) is -0.505. The second-order valence-electron chi connectivity index (χ2n) is 4.41. The van der Waals surface area contributed by atoms with Crippen molar-refractivity contribution in [1.29, 1.82) is 0 Å². The van der Waals surface area contributed by atoms with Gasteiger partial charge in [0.25, 0.3) is 0 Å². The lowest BCUT2D eigenvalue weighted by Crippen LogP contribution is -2.04. The molecule has 3 rings (SSSR count). The summed E-state index contributed by atoms with van der Waals surface area (Å²) in [6.45, 7) is 1.66. The van der Waals surface area contributed by atoms with E-state index in [1.54, 1.807) is 13.1 Å². The standard InChI is InChI=1S/C15H11N3O2/c1-9-12(15(19)20)8-17-14(18-9)11-4-5-13-10(7-11)3-2-6-16-13/h2-8H,1H3,(H,19,20). The van der Waals surface area contributed by atoms with E-state index >= 15 is 0 Å². The van der Waals surface area contributed by atoms with Gasteiger partial charge in [0.05, 0.1) is 16.8 Å². The predicted molar refractivity (Wildman–Crippen MR) is 74.5 cm³/mol. The number of hydrogen-bond acceptors (Lipinski definition) is 4. The molecule has 0 aliphatic rings. The van der Waals surface area contributed by atoms with Crippen LogP contribution >= 0.6 is 0 Å². The first-order valence-electron chi connectivity index (χ1n) is 6.07. The molecule has 1 N–H and O–H groups in total. The van der Waals surface area contributed by atoms with E-state index in [1.165, 1.54) is 6.20 Å². The minimum atomic E-state index is -1.02. The summed E-state index contributed by atoms with van der Waals surface area (Å²) >= 11 is 0. The normalized spacial score (nSPS) is 10.7. The van der Waals surface area contributed by atoms with Gasteiger partial charge in [0.15, 0.2) is 5.82 Å². The lowest BCUT2D eigenvalue weighted by atomic mass is 10.1. The third-order valence-corrected chi connectivity index (χ3v) is 3.07. The molecule has 0 fully saturated rings. The van der Waals surface area contributed by atoms with Crippen molar-refractivity contribution in [2.24, 2.45) is 0 Å². The Hall–Kier alpha value is -2.82. The average molecular weight is 265 g/mol. The monoisotopic (exact) mass is 265 g/mol.